The van der Waals surface area contributed by atoms with Crippen LogP contribution < -0.4 is 4.90 Å². The molecule has 0 aromatic carbocycles. The van der Waals surface area contributed by atoms with Gasteiger partial charge in [-0.2, -0.15) is 0 Å². The van der Waals surface area contributed by atoms with Crippen molar-refractivity contribution in [3.05, 3.63) is 60.1 Å². The molecule has 1 N–H and O–H groups in total. The van der Waals surface area contributed by atoms with Gasteiger partial charge in [0.2, 0.25) is 5.82 Å². The number of quaternary nitrogens is 1. The number of furan rings is 1. The lowest BCUT2D eigenvalue weighted by molar-refractivity contribution is -0.930. The Bertz CT molecular complexity index is 958. The first-order chi connectivity index (χ1) is 14.8. The predicted octanol–water partition coefficient (Wildman–Crippen LogP) is 0.906. The number of tetrazole rings is 1. The Morgan fingerprint density at radius 2 is 1.97 bits per heavy atom. The summed E-state index contributed by atoms with van der Waals surface area (Å²) in [6.45, 7) is 2.91. The summed E-state index contributed by atoms with van der Waals surface area (Å²) in [5.74, 6) is 1.22. The lowest BCUT2D eigenvalue weighted by Crippen LogP contribution is -3.15. The van der Waals surface area contributed by atoms with Gasteiger partial charge < -0.3 is 14.2 Å². The largest absolute Gasteiger partial charge is 0.459 e. The number of aromatic nitrogens is 5. The van der Waals surface area contributed by atoms with Crippen molar-refractivity contribution in [2.45, 2.75) is 37.8 Å². The van der Waals surface area contributed by atoms with Crippen LogP contribution in [0, 0.1) is 0 Å². The Morgan fingerprint density at radius 3 is 2.67 bits per heavy atom. The molecule has 2 fully saturated rings. The molecule has 0 unspecified atom stereocenters. The van der Waals surface area contributed by atoms with Gasteiger partial charge in [0.1, 0.15) is 5.69 Å². The summed E-state index contributed by atoms with van der Waals surface area (Å²) in [6, 6.07) is 9.75. The number of nitrogens with one attached hydrogen (secondary N) is 1. The van der Waals surface area contributed by atoms with E-state index in [1.165, 1.54) is 24.0 Å². The summed E-state index contributed by atoms with van der Waals surface area (Å²) in [5, 5.41) is 12.8. The third-order valence-corrected chi connectivity index (χ3v) is 6.26. The minimum atomic E-state index is -0.0531. The number of carbonyl (C=O) groups is 1. The number of pyridine rings is 1. The highest BCUT2D eigenvalue weighted by molar-refractivity contribution is 5.91. The molecule has 1 saturated carbocycles. The fraction of sp³-hybridized carbons (Fsp3) is 0.476. The van der Waals surface area contributed by atoms with Crippen molar-refractivity contribution in [3.63, 3.8) is 0 Å². The van der Waals surface area contributed by atoms with Gasteiger partial charge in [0, 0.05) is 6.20 Å². The SMILES string of the molecule is O=C(c1ccco1)N1CC[NH+]([C@H](c2ccccn2)c2nnnn2C2CCCC2)CC1. The van der Waals surface area contributed by atoms with Crippen molar-refractivity contribution in [2.75, 3.05) is 26.2 Å². The van der Waals surface area contributed by atoms with Gasteiger partial charge in [-0.15, -0.1) is 5.10 Å². The molecule has 3 aromatic heterocycles. The highest BCUT2D eigenvalue weighted by Gasteiger charge is 2.37. The fourth-order valence-corrected chi connectivity index (χ4v) is 4.71. The molecule has 0 bridgehead atoms. The Labute approximate surface area is 174 Å². The maximum absolute atomic E-state index is 12.6. The van der Waals surface area contributed by atoms with Crippen molar-refractivity contribution < 1.29 is 14.1 Å². The second kappa shape index (κ2) is 8.35. The fourth-order valence-electron chi connectivity index (χ4n) is 4.71. The van der Waals surface area contributed by atoms with Crippen LogP contribution in [0.1, 0.15) is 59.8 Å². The second-order valence-corrected chi connectivity index (χ2v) is 8.04. The average Bonchev–Trinajstić information content (AvgIpc) is 3.57. The summed E-state index contributed by atoms with van der Waals surface area (Å²) in [4.78, 5) is 20.5. The van der Waals surface area contributed by atoms with Crippen LogP contribution in [0.25, 0.3) is 0 Å². The van der Waals surface area contributed by atoms with Crippen LogP contribution >= 0.6 is 0 Å². The van der Waals surface area contributed by atoms with Crippen LogP contribution in [0.5, 0.6) is 0 Å². The first-order valence-corrected chi connectivity index (χ1v) is 10.7. The molecular formula is C21H26N7O2+. The minimum absolute atomic E-state index is 0.0516. The summed E-state index contributed by atoms with van der Waals surface area (Å²) in [7, 11) is 0. The molecule has 5 rings (SSSR count). The topological polar surface area (TPSA) is 94.4 Å². The highest BCUT2D eigenvalue weighted by Crippen LogP contribution is 2.30. The molecule has 1 amide bonds. The molecule has 2 aliphatic rings. The van der Waals surface area contributed by atoms with Gasteiger partial charge in [-0.25, -0.2) is 4.68 Å². The molecule has 30 heavy (non-hydrogen) atoms. The van der Waals surface area contributed by atoms with Crippen LogP contribution in [0.15, 0.2) is 47.2 Å². The van der Waals surface area contributed by atoms with Crippen LogP contribution in [0.4, 0.5) is 0 Å². The second-order valence-electron chi connectivity index (χ2n) is 8.04. The standard InChI is InChI=1S/C21H25N7O2/c29-21(18-9-5-15-30-18)27-13-11-26(12-14-27)19(17-8-3-4-10-22-17)20-23-24-25-28(20)16-6-1-2-7-16/h3-5,8-10,15-16,19H,1-2,6-7,11-14H2/p+1/t19-/m1/s1. The summed E-state index contributed by atoms with van der Waals surface area (Å²) in [5.41, 5.74) is 0.965. The molecule has 1 aliphatic carbocycles. The smallest absolute Gasteiger partial charge is 0.289 e. The number of rotatable bonds is 5. The summed E-state index contributed by atoms with van der Waals surface area (Å²) in [6.07, 6.45) is 8.04. The molecule has 1 atom stereocenters. The van der Waals surface area contributed by atoms with Gasteiger partial charge in [0.15, 0.2) is 11.8 Å². The van der Waals surface area contributed by atoms with E-state index < -0.39 is 0 Å². The van der Waals surface area contributed by atoms with E-state index in [2.05, 4.69) is 20.5 Å². The van der Waals surface area contributed by atoms with E-state index in [0.717, 1.165) is 37.4 Å². The number of hydrogen-bond acceptors (Lipinski definition) is 6. The van der Waals surface area contributed by atoms with E-state index >= 15 is 0 Å². The zero-order valence-electron chi connectivity index (χ0n) is 16.9. The Balaban J connectivity index is 1.39. The first-order valence-electron chi connectivity index (χ1n) is 10.7. The Hall–Kier alpha value is -3.07. The molecule has 9 heteroatoms. The number of piperazine rings is 1. The molecule has 3 aromatic rings. The van der Waals surface area contributed by atoms with Gasteiger partial charge in [-0.3, -0.25) is 9.78 Å². The van der Waals surface area contributed by atoms with Crippen LogP contribution in [0.2, 0.25) is 0 Å². The average molecular weight is 408 g/mol. The lowest BCUT2D eigenvalue weighted by Gasteiger charge is -2.35. The zero-order chi connectivity index (χ0) is 20.3. The van der Waals surface area contributed by atoms with E-state index in [1.807, 2.05) is 34.0 Å². The van der Waals surface area contributed by atoms with E-state index in [0.29, 0.717) is 24.9 Å². The Kier molecular flexibility index (Phi) is 5.27. The highest BCUT2D eigenvalue weighted by atomic mass is 16.3. The lowest BCUT2D eigenvalue weighted by atomic mass is 10.1. The number of nitrogens with zero attached hydrogens (tertiary/aromatic N) is 6. The molecule has 4 heterocycles. The molecular weight excluding hydrogens is 382 g/mol. The van der Waals surface area contributed by atoms with Crippen LogP contribution in [0.3, 0.4) is 0 Å². The Morgan fingerprint density at radius 1 is 1.13 bits per heavy atom. The van der Waals surface area contributed by atoms with E-state index in [4.69, 9.17) is 4.42 Å². The maximum atomic E-state index is 12.6. The first kappa shape index (κ1) is 18.9. The van der Waals surface area contributed by atoms with E-state index in [-0.39, 0.29) is 11.9 Å². The van der Waals surface area contributed by atoms with Gasteiger partial charge in [-0.1, -0.05) is 18.9 Å². The van der Waals surface area contributed by atoms with Crippen molar-refractivity contribution in [1.29, 1.82) is 0 Å². The van der Waals surface area contributed by atoms with Gasteiger partial charge >= 0.3 is 0 Å². The third kappa shape index (κ3) is 3.60. The van der Waals surface area contributed by atoms with Crippen molar-refractivity contribution in [3.8, 4) is 0 Å². The predicted molar refractivity (Wildman–Crippen MR) is 107 cm³/mol. The normalized spacial score (nSPS) is 19.3. The van der Waals surface area contributed by atoms with Crippen LogP contribution in [-0.2, 0) is 0 Å². The molecule has 0 radical (unpaired) electrons. The third-order valence-electron chi connectivity index (χ3n) is 6.26. The monoisotopic (exact) mass is 408 g/mol. The number of carbonyl (C=O) groups excluding carboxylic acids is 1. The minimum Gasteiger partial charge on any atom is -0.459 e. The molecule has 1 saturated heterocycles. The van der Waals surface area contributed by atoms with Gasteiger partial charge in [0.25, 0.3) is 5.91 Å². The van der Waals surface area contributed by atoms with E-state index in [9.17, 15) is 4.79 Å². The van der Waals surface area contributed by atoms with Crippen molar-refractivity contribution in [1.82, 2.24) is 30.1 Å². The molecule has 1 aliphatic heterocycles. The zero-order valence-corrected chi connectivity index (χ0v) is 16.9. The van der Waals surface area contributed by atoms with Crippen molar-refractivity contribution >= 4 is 5.91 Å². The van der Waals surface area contributed by atoms with Gasteiger partial charge in [0.05, 0.1) is 38.5 Å². The molecule has 0 spiro atoms. The summed E-state index contributed by atoms with van der Waals surface area (Å²) >= 11 is 0. The molecule has 9 nitrogen and oxygen atoms in total. The van der Waals surface area contributed by atoms with Crippen molar-refractivity contribution in [2.24, 2.45) is 0 Å². The maximum Gasteiger partial charge on any atom is 0.289 e. The number of amides is 1. The summed E-state index contributed by atoms with van der Waals surface area (Å²) < 4.78 is 7.31. The quantitative estimate of drug-likeness (QED) is 0.674. The van der Waals surface area contributed by atoms with Gasteiger partial charge in [-0.05, 0) is 47.5 Å². The van der Waals surface area contributed by atoms with Crippen LogP contribution in [-0.4, -0.2) is 62.2 Å². The number of hydrogen-bond donors (Lipinski definition) is 1. The molecule has 156 valence electrons. The van der Waals surface area contributed by atoms with E-state index in [1.54, 1.807) is 12.1 Å².